The lowest BCUT2D eigenvalue weighted by Gasteiger charge is -1.96. The monoisotopic (exact) mass is 186 g/mol. The van der Waals surface area contributed by atoms with Crippen molar-refractivity contribution in [2.45, 2.75) is 4.90 Å². The summed E-state index contributed by atoms with van der Waals surface area (Å²) in [6.45, 7) is 0. The quantitative estimate of drug-likeness (QED) is 0.542. The molecule has 0 spiro atoms. The van der Waals surface area contributed by atoms with Gasteiger partial charge < -0.3 is 15.7 Å². The normalized spacial score (nSPS) is 8.58. The number of hydrogen-bond acceptors (Lipinski definition) is 4. The molecule has 0 fully saturated rings. The molecule has 4 heteroatoms. The zero-order chi connectivity index (χ0) is 9.40. The number of nitrogen functional groups attached to an aromatic ring is 1. The maximum absolute atomic E-state index is 5.47. The van der Waals surface area contributed by atoms with Crippen molar-refractivity contribution in [3.8, 4) is 0 Å². The van der Waals surface area contributed by atoms with Gasteiger partial charge in [-0.2, -0.15) is 0 Å². The molecule has 0 radical (unpaired) electrons. The van der Waals surface area contributed by atoms with Crippen molar-refractivity contribution in [2.75, 3.05) is 19.9 Å². The first-order valence-electron chi connectivity index (χ1n) is 3.47. The van der Waals surface area contributed by atoms with Crippen molar-refractivity contribution in [1.29, 1.82) is 0 Å². The number of anilines is 1. The van der Waals surface area contributed by atoms with Crippen LogP contribution in [0.3, 0.4) is 0 Å². The maximum Gasteiger partial charge on any atom is 0.0508 e. The molecule has 12 heavy (non-hydrogen) atoms. The molecule has 0 bridgehead atoms. The minimum atomic E-state index is 0.778. The highest BCUT2D eigenvalue weighted by atomic mass is 32.2. The van der Waals surface area contributed by atoms with Gasteiger partial charge in [0.1, 0.15) is 0 Å². The lowest BCUT2D eigenvalue weighted by Crippen LogP contribution is -1.82. The smallest absolute Gasteiger partial charge is 0.0508 e. The van der Waals surface area contributed by atoms with Crippen molar-refractivity contribution in [1.82, 2.24) is 0 Å². The summed E-state index contributed by atoms with van der Waals surface area (Å²) < 4.78 is 4.84. The lowest BCUT2D eigenvalue weighted by atomic mass is 10.3. The maximum atomic E-state index is 5.47. The summed E-state index contributed by atoms with van der Waals surface area (Å²) in [5, 5.41) is 0. The summed E-state index contributed by atoms with van der Waals surface area (Å²) in [6, 6.07) is 7.54. The zero-order valence-electron chi connectivity index (χ0n) is 7.28. The number of hydrogen-bond donors (Lipinski definition) is 2. The summed E-state index contributed by atoms with van der Waals surface area (Å²) >= 11 is 1.33. The first-order chi connectivity index (χ1) is 5.83. The highest BCUT2D eigenvalue weighted by Crippen LogP contribution is 2.18. The van der Waals surface area contributed by atoms with Crippen LogP contribution in [0.2, 0.25) is 0 Å². The SMILES string of the molecule is CN.COSc1ccc(N)cc1. The van der Waals surface area contributed by atoms with E-state index >= 15 is 0 Å². The molecule has 0 aliphatic heterocycles. The van der Waals surface area contributed by atoms with Crippen LogP contribution >= 0.6 is 12.0 Å². The summed E-state index contributed by atoms with van der Waals surface area (Å²) in [5.74, 6) is 0. The van der Waals surface area contributed by atoms with Crippen LogP contribution in [0.5, 0.6) is 0 Å². The second-order valence-corrected chi connectivity index (χ2v) is 2.79. The van der Waals surface area contributed by atoms with Gasteiger partial charge in [0.2, 0.25) is 0 Å². The van der Waals surface area contributed by atoms with Crippen molar-refractivity contribution in [2.24, 2.45) is 5.73 Å². The molecule has 1 rings (SSSR count). The predicted molar refractivity (Wildman–Crippen MR) is 53.8 cm³/mol. The van der Waals surface area contributed by atoms with Gasteiger partial charge in [-0.1, -0.05) is 0 Å². The molecule has 0 amide bonds. The Morgan fingerprint density at radius 2 is 1.67 bits per heavy atom. The van der Waals surface area contributed by atoms with Crippen molar-refractivity contribution < 1.29 is 4.18 Å². The standard InChI is InChI=1S/C7H9NOS.CH5N/c1-9-10-7-4-2-6(8)3-5-7;1-2/h2-5H,8H2,1H3;2H2,1H3. The third-order valence-electron chi connectivity index (χ3n) is 1.06. The fraction of sp³-hybridized carbons (Fsp3) is 0.250. The number of rotatable bonds is 2. The molecule has 1 aromatic carbocycles. The molecule has 0 saturated heterocycles. The van der Waals surface area contributed by atoms with Crippen LogP contribution in [0.1, 0.15) is 0 Å². The van der Waals surface area contributed by atoms with Gasteiger partial charge in [-0.25, -0.2) is 0 Å². The van der Waals surface area contributed by atoms with Crippen molar-refractivity contribution in [3.63, 3.8) is 0 Å². The number of benzene rings is 1. The highest BCUT2D eigenvalue weighted by Gasteiger charge is 1.89. The second kappa shape index (κ2) is 6.97. The Bertz CT molecular complexity index is 201. The average molecular weight is 186 g/mol. The molecule has 0 aromatic heterocycles. The van der Waals surface area contributed by atoms with E-state index in [-0.39, 0.29) is 0 Å². The van der Waals surface area contributed by atoms with Crippen LogP contribution in [-0.4, -0.2) is 14.2 Å². The van der Waals surface area contributed by atoms with Gasteiger partial charge >= 0.3 is 0 Å². The average Bonchev–Trinajstić information content (AvgIpc) is 2.13. The Labute approximate surface area is 77.3 Å². The third kappa shape index (κ3) is 4.23. The van der Waals surface area contributed by atoms with Gasteiger partial charge in [-0.15, -0.1) is 0 Å². The second-order valence-electron chi connectivity index (χ2n) is 1.82. The Morgan fingerprint density at radius 3 is 2.08 bits per heavy atom. The van der Waals surface area contributed by atoms with Gasteiger partial charge in [-0.05, 0) is 31.3 Å². The van der Waals surface area contributed by atoms with Crippen molar-refractivity contribution in [3.05, 3.63) is 24.3 Å². The van der Waals surface area contributed by atoms with Crippen LogP contribution < -0.4 is 11.5 Å². The Hall–Kier alpha value is -0.710. The Kier molecular flexibility index (Phi) is 6.55. The minimum Gasteiger partial charge on any atom is -0.399 e. The zero-order valence-corrected chi connectivity index (χ0v) is 8.10. The van der Waals surface area contributed by atoms with Crippen molar-refractivity contribution >= 4 is 17.7 Å². The molecule has 0 atom stereocenters. The number of nitrogens with two attached hydrogens (primary N) is 2. The fourth-order valence-corrected chi connectivity index (χ4v) is 1.06. The Morgan fingerprint density at radius 1 is 1.17 bits per heavy atom. The molecule has 1 aromatic rings. The van der Waals surface area contributed by atoms with Crippen LogP contribution in [0.25, 0.3) is 0 Å². The van der Waals surface area contributed by atoms with E-state index in [9.17, 15) is 0 Å². The summed E-state index contributed by atoms with van der Waals surface area (Å²) in [4.78, 5) is 1.07. The topological polar surface area (TPSA) is 61.3 Å². The third-order valence-corrected chi connectivity index (χ3v) is 1.69. The fourth-order valence-electron chi connectivity index (χ4n) is 0.620. The molecule has 0 aliphatic carbocycles. The van der Waals surface area contributed by atoms with Gasteiger partial charge in [0, 0.05) is 22.6 Å². The molecule has 0 aliphatic rings. The van der Waals surface area contributed by atoms with Crippen LogP contribution in [0.4, 0.5) is 5.69 Å². The van der Waals surface area contributed by atoms with E-state index in [1.807, 2.05) is 24.3 Å². The summed E-state index contributed by atoms with van der Waals surface area (Å²) in [6.07, 6.45) is 0. The van der Waals surface area contributed by atoms with E-state index in [2.05, 4.69) is 5.73 Å². The molecular formula is C8H14N2OS. The molecule has 68 valence electrons. The Balaban J connectivity index is 0.000000561. The van der Waals surface area contributed by atoms with E-state index in [0.29, 0.717) is 0 Å². The summed E-state index contributed by atoms with van der Waals surface area (Å²) in [7, 11) is 3.14. The molecule has 0 unspecified atom stereocenters. The molecule has 4 N–H and O–H groups in total. The largest absolute Gasteiger partial charge is 0.399 e. The van der Waals surface area contributed by atoms with Gasteiger partial charge in [-0.3, -0.25) is 0 Å². The molecular weight excluding hydrogens is 172 g/mol. The van der Waals surface area contributed by atoms with Crippen LogP contribution in [0.15, 0.2) is 29.2 Å². The summed E-state index contributed by atoms with van der Waals surface area (Å²) in [5.41, 5.74) is 10.8. The van der Waals surface area contributed by atoms with E-state index in [4.69, 9.17) is 9.92 Å². The predicted octanol–water partition coefficient (Wildman–Crippen LogP) is 1.50. The first-order valence-corrected chi connectivity index (χ1v) is 4.21. The van der Waals surface area contributed by atoms with Crippen LogP contribution in [-0.2, 0) is 4.18 Å². The molecule has 3 nitrogen and oxygen atoms in total. The lowest BCUT2D eigenvalue weighted by molar-refractivity contribution is 0.490. The van der Waals surface area contributed by atoms with Gasteiger partial charge in [0.25, 0.3) is 0 Å². The van der Waals surface area contributed by atoms with Gasteiger partial charge in [0.15, 0.2) is 0 Å². The minimum absolute atomic E-state index is 0.778. The van der Waals surface area contributed by atoms with Gasteiger partial charge in [0.05, 0.1) is 7.11 Å². The van der Waals surface area contributed by atoms with E-state index < -0.39 is 0 Å². The molecule has 0 heterocycles. The van der Waals surface area contributed by atoms with Crippen LogP contribution in [0, 0.1) is 0 Å². The molecule has 0 saturated carbocycles. The van der Waals surface area contributed by atoms with E-state index in [1.54, 1.807) is 7.11 Å². The first kappa shape index (κ1) is 11.3. The highest BCUT2D eigenvalue weighted by molar-refractivity contribution is 7.94. The van der Waals surface area contributed by atoms with E-state index in [0.717, 1.165) is 10.6 Å². The van der Waals surface area contributed by atoms with E-state index in [1.165, 1.54) is 19.1 Å².